The van der Waals surface area contributed by atoms with Gasteiger partial charge in [-0.3, -0.25) is 14.5 Å². The summed E-state index contributed by atoms with van der Waals surface area (Å²) in [6.07, 6.45) is 3.77. The molecule has 6 nitrogen and oxygen atoms in total. The molecule has 1 aliphatic carbocycles. The Balaban J connectivity index is 1.37. The summed E-state index contributed by atoms with van der Waals surface area (Å²) < 4.78 is 5.50. The smallest absolute Gasteiger partial charge is 0.251 e. The topological polar surface area (TPSA) is 74.6 Å². The molecule has 1 saturated carbocycles. The molecule has 3 aromatic rings. The van der Waals surface area contributed by atoms with E-state index in [0.29, 0.717) is 31.2 Å². The Hall–Kier alpha value is -3.38. The van der Waals surface area contributed by atoms with Gasteiger partial charge >= 0.3 is 0 Å². The molecule has 0 spiro atoms. The molecule has 0 saturated heterocycles. The van der Waals surface area contributed by atoms with Crippen molar-refractivity contribution in [2.45, 2.75) is 45.4 Å². The first-order valence-electron chi connectivity index (χ1n) is 11.0. The molecule has 0 bridgehead atoms. The van der Waals surface area contributed by atoms with E-state index in [1.165, 1.54) is 0 Å². The van der Waals surface area contributed by atoms with Crippen molar-refractivity contribution in [2.75, 3.05) is 6.54 Å². The monoisotopic (exact) mass is 431 g/mol. The number of carbonyl (C=O) groups excluding carboxylic acids is 2. The van der Waals surface area contributed by atoms with Crippen LogP contribution in [0.1, 0.15) is 45.7 Å². The number of aryl methyl sites for hydroxylation is 1. The molecule has 2 aromatic carbocycles. The lowest BCUT2D eigenvalue weighted by molar-refractivity contribution is -0.122. The predicted octanol–water partition coefficient (Wildman–Crippen LogP) is 3.80. The summed E-state index contributed by atoms with van der Waals surface area (Å²) in [5.41, 5.74) is 3.96. The number of rotatable bonds is 10. The van der Waals surface area contributed by atoms with Crippen LogP contribution in [0.25, 0.3) is 0 Å². The fourth-order valence-corrected chi connectivity index (χ4v) is 3.57. The van der Waals surface area contributed by atoms with Crippen molar-refractivity contribution in [3.05, 3.63) is 94.9 Å². The third-order valence-electron chi connectivity index (χ3n) is 5.60. The van der Waals surface area contributed by atoms with Gasteiger partial charge in [0.05, 0.1) is 19.4 Å². The van der Waals surface area contributed by atoms with Gasteiger partial charge in [-0.05, 0) is 60.7 Å². The Morgan fingerprint density at radius 2 is 1.78 bits per heavy atom. The second-order valence-corrected chi connectivity index (χ2v) is 8.37. The van der Waals surface area contributed by atoms with Gasteiger partial charge in [-0.1, -0.05) is 36.4 Å². The van der Waals surface area contributed by atoms with Gasteiger partial charge in [0.15, 0.2) is 0 Å². The Bertz CT molecular complexity index is 1040. The summed E-state index contributed by atoms with van der Waals surface area (Å²) in [5, 5.41) is 6.02. The van der Waals surface area contributed by atoms with Gasteiger partial charge in [-0.15, -0.1) is 0 Å². The Kier molecular flexibility index (Phi) is 7.02. The van der Waals surface area contributed by atoms with E-state index >= 15 is 0 Å². The zero-order valence-corrected chi connectivity index (χ0v) is 18.3. The van der Waals surface area contributed by atoms with E-state index in [1.807, 2.05) is 72.5 Å². The first-order chi connectivity index (χ1) is 15.6. The average molecular weight is 432 g/mol. The minimum absolute atomic E-state index is 0.0259. The molecular formula is C26H29N3O3. The third-order valence-corrected chi connectivity index (χ3v) is 5.60. The van der Waals surface area contributed by atoms with Crippen LogP contribution in [-0.2, 0) is 24.4 Å². The minimum atomic E-state index is -0.0414. The van der Waals surface area contributed by atoms with Gasteiger partial charge in [0.1, 0.15) is 5.76 Å². The second kappa shape index (κ2) is 10.3. The number of hydrogen-bond acceptors (Lipinski definition) is 4. The van der Waals surface area contributed by atoms with Gasteiger partial charge in [0.2, 0.25) is 5.91 Å². The molecule has 0 atom stereocenters. The van der Waals surface area contributed by atoms with Crippen molar-refractivity contribution in [3.63, 3.8) is 0 Å². The molecule has 1 heterocycles. The lowest BCUT2D eigenvalue weighted by Crippen LogP contribution is -2.36. The highest BCUT2D eigenvalue weighted by atomic mass is 16.3. The normalized spacial score (nSPS) is 13.2. The standard InChI is InChI=1S/C26H29N3O3/c1-19-5-2-3-6-22(19)15-27-25(30)18-29(17-24-7-4-14-32-24)16-20-8-10-21(11-9-20)26(31)28-23-12-13-23/h2-11,14,23H,12-13,15-18H2,1H3,(H,27,30)(H,28,31). The summed E-state index contributed by atoms with van der Waals surface area (Å²) in [4.78, 5) is 26.9. The fourth-order valence-electron chi connectivity index (χ4n) is 3.57. The molecular weight excluding hydrogens is 402 g/mol. The van der Waals surface area contributed by atoms with Crippen molar-refractivity contribution >= 4 is 11.8 Å². The van der Waals surface area contributed by atoms with Crippen molar-refractivity contribution in [2.24, 2.45) is 0 Å². The molecule has 1 aromatic heterocycles. The summed E-state index contributed by atoms with van der Waals surface area (Å²) in [6.45, 7) is 3.89. The maximum atomic E-state index is 12.7. The number of amides is 2. The maximum Gasteiger partial charge on any atom is 0.251 e. The summed E-state index contributed by atoms with van der Waals surface area (Å²) in [5.74, 6) is 0.736. The van der Waals surface area contributed by atoms with Crippen molar-refractivity contribution in [1.29, 1.82) is 0 Å². The Morgan fingerprint density at radius 3 is 2.47 bits per heavy atom. The van der Waals surface area contributed by atoms with Crippen LogP contribution >= 0.6 is 0 Å². The first-order valence-corrected chi connectivity index (χ1v) is 11.0. The quantitative estimate of drug-likeness (QED) is 0.512. The van der Waals surface area contributed by atoms with Crippen molar-refractivity contribution < 1.29 is 14.0 Å². The predicted molar refractivity (Wildman–Crippen MR) is 123 cm³/mol. The Labute approximate surface area is 188 Å². The zero-order chi connectivity index (χ0) is 22.3. The number of hydrogen-bond donors (Lipinski definition) is 2. The molecule has 4 rings (SSSR count). The van der Waals surface area contributed by atoms with Crippen molar-refractivity contribution in [3.8, 4) is 0 Å². The van der Waals surface area contributed by atoms with Crippen LogP contribution in [0.15, 0.2) is 71.3 Å². The number of carbonyl (C=O) groups is 2. The SMILES string of the molecule is Cc1ccccc1CNC(=O)CN(Cc1ccc(C(=O)NC2CC2)cc1)Cc1ccco1. The Morgan fingerprint density at radius 1 is 1.00 bits per heavy atom. The zero-order valence-electron chi connectivity index (χ0n) is 18.3. The first kappa shape index (κ1) is 21.8. The van der Waals surface area contributed by atoms with E-state index in [0.717, 1.165) is 35.3 Å². The van der Waals surface area contributed by atoms with E-state index in [9.17, 15) is 9.59 Å². The van der Waals surface area contributed by atoms with Crippen LogP contribution in [0.3, 0.4) is 0 Å². The summed E-state index contributed by atoms with van der Waals surface area (Å²) >= 11 is 0. The molecule has 1 aliphatic rings. The van der Waals surface area contributed by atoms with E-state index in [4.69, 9.17) is 4.42 Å². The van der Waals surface area contributed by atoms with Crippen molar-refractivity contribution in [1.82, 2.24) is 15.5 Å². The molecule has 6 heteroatoms. The molecule has 0 aliphatic heterocycles. The molecule has 0 radical (unpaired) electrons. The van der Waals surface area contributed by atoms with E-state index in [2.05, 4.69) is 10.6 Å². The van der Waals surface area contributed by atoms with E-state index in [1.54, 1.807) is 6.26 Å². The van der Waals surface area contributed by atoms with E-state index in [-0.39, 0.29) is 18.4 Å². The van der Waals surface area contributed by atoms with Crippen LogP contribution in [0.4, 0.5) is 0 Å². The molecule has 32 heavy (non-hydrogen) atoms. The van der Waals surface area contributed by atoms with Gasteiger partial charge < -0.3 is 15.1 Å². The third kappa shape index (κ3) is 6.31. The molecule has 2 amide bonds. The van der Waals surface area contributed by atoms with Crippen LogP contribution in [0.2, 0.25) is 0 Å². The largest absolute Gasteiger partial charge is 0.468 e. The van der Waals surface area contributed by atoms with Crippen LogP contribution in [-0.4, -0.2) is 29.3 Å². The number of benzene rings is 2. The van der Waals surface area contributed by atoms with Crippen LogP contribution < -0.4 is 10.6 Å². The fraction of sp³-hybridized carbons (Fsp3) is 0.308. The summed E-state index contributed by atoms with van der Waals surface area (Å²) in [6, 6.07) is 19.7. The van der Waals surface area contributed by atoms with Gasteiger partial charge in [-0.25, -0.2) is 0 Å². The minimum Gasteiger partial charge on any atom is -0.468 e. The molecule has 166 valence electrons. The van der Waals surface area contributed by atoms with Crippen LogP contribution in [0.5, 0.6) is 0 Å². The lowest BCUT2D eigenvalue weighted by Gasteiger charge is -2.21. The highest BCUT2D eigenvalue weighted by molar-refractivity contribution is 5.94. The molecule has 2 N–H and O–H groups in total. The van der Waals surface area contributed by atoms with Gasteiger partial charge in [0.25, 0.3) is 5.91 Å². The number of furan rings is 1. The average Bonchev–Trinajstić information content (AvgIpc) is 3.45. The van der Waals surface area contributed by atoms with Crippen LogP contribution in [0, 0.1) is 6.92 Å². The molecule has 0 unspecified atom stereocenters. The van der Waals surface area contributed by atoms with E-state index < -0.39 is 0 Å². The number of nitrogens with zero attached hydrogens (tertiary/aromatic N) is 1. The highest BCUT2D eigenvalue weighted by Gasteiger charge is 2.23. The maximum absolute atomic E-state index is 12.7. The highest BCUT2D eigenvalue weighted by Crippen LogP contribution is 2.19. The second-order valence-electron chi connectivity index (χ2n) is 8.37. The number of nitrogens with one attached hydrogen (secondary N) is 2. The molecule has 1 fully saturated rings. The van der Waals surface area contributed by atoms with Gasteiger partial charge in [0, 0.05) is 24.7 Å². The summed E-state index contributed by atoms with van der Waals surface area (Å²) in [7, 11) is 0. The lowest BCUT2D eigenvalue weighted by atomic mass is 10.1. The van der Waals surface area contributed by atoms with Gasteiger partial charge in [-0.2, -0.15) is 0 Å².